The van der Waals surface area contributed by atoms with E-state index in [2.05, 4.69) is 4.98 Å². The minimum absolute atomic E-state index is 0.132. The molecule has 0 unspecified atom stereocenters. The molecule has 1 fully saturated rings. The second-order valence-electron chi connectivity index (χ2n) is 2.58. The largest absolute Gasteiger partial charge is 0.476 e. The number of nitrogens with zero attached hydrogens (tertiary/aromatic N) is 1. The number of carboxylic acids is 1. The minimum atomic E-state index is -0.965. The van der Waals surface area contributed by atoms with E-state index in [0.29, 0.717) is 5.25 Å². The summed E-state index contributed by atoms with van der Waals surface area (Å²) in [4.78, 5) is 14.5. The number of rotatable bonds is 3. The summed E-state index contributed by atoms with van der Waals surface area (Å²) in [6, 6.07) is 0. The number of thioether (sulfide) groups is 1. The number of thiazole rings is 1. The normalized spacial score (nSPS) is 16.9. The van der Waals surface area contributed by atoms with Crippen molar-refractivity contribution in [2.45, 2.75) is 9.59 Å². The van der Waals surface area contributed by atoms with E-state index in [4.69, 9.17) is 9.84 Å². The van der Waals surface area contributed by atoms with Crippen LogP contribution in [0.15, 0.2) is 9.72 Å². The fourth-order valence-corrected chi connectivity index (χ4v) is 2.89. The summed E-state index contributed by atoms with van der Waals surface area (Å²) in [7, 11) is 0. The number of ether oxygens (including phenoxy) is 1. The van der Waals surface area contributed by atoms with Crippen LogP contribution >= 0.6 is 23.1 Å². The van der Waals surface area contributed by atoms with Gasteiger partial charge in [0.25, 0.3) is 0 Å². The Labute approximate surface area is 82.9 Å². The quantitative estimate of drug-likeness (QED) is 0.827. The first-order chi connectivity index (χ1) is 6.25. The second-order valence-corrected chi connectivity index (χ2v) is 4.99. The van der Waals surface area contributed by atoms with Crippen LogP contribution in [0.1, 0.15) is 10.5 Å². The summed E-state index contributed by atoms with van der Waals surface area (Å²) >= 11 is 2.96. The summed E-state index contributed by atoms with van der Waals surface area (Å²) in [6.07, 6.45) is 0. The van der Waals surface area contributed by atoms with Crippen molar-refractivity contribution < 1.29 is 14.6 Å². The van der Waals surface area contributed by atoms with Crippen molar-refractivity contribution >= 4 is 29.1 Å². The van der Waals surface area contributed by atoms with Gasteiger partial charge in [0, 0.05) is 5.38 Å². The molecule has 1 aromatic heterocycles. The van der Waals surface area contributed by atoms with Crippen molar-refractivity contribution in [1.29, 1.82) is 0 Å². The van der Waals surface area contributed by atoms with E-state index in [1.807, 2.05) is 0 Å². The van der Waals surface area contributed by atoms with Gasteiger partial charge in [-0.15, -0.1) is 11.3 Å². The third-order valence-corrected chi connectivity index (χ3v) is 3.69. The highest BCUT2D eigenvalue weighted by Gasteiger charge is 2.21. The average molecular weight is 217 g/mol. The van der Waals surface area contributed by atoms with Gasteiger partial charge in [-0.3, -0.25) is 0 Å². The molecule has 2 rings (SSSR count). The lowest BCUT2D eigenvalue weighted by atomic mass is 10.4. The van der Waals surface area contributed by atoms with Crippen molar-refractivity contribution in [3.63, 3.8) is 0 Å². The SMILES string of the molecule is O=C(O)c1csc(SC2COC2)n1. The number of carbonyl (C=O) groups is 1. The van der Waals surface area contributed by atoms with E-state index in [-0.39, 0.29) is 5.69 Å². The molecule has 2 heterocycles. The Kier molecular flexibility index (Phi) is 2.52. The summed E-state index contributed by atoms with van der Waals surface area (Å²) in [5, 5.41) is 10.6. The van der Waals surface area contributed by atoms with E-state index in [9.17, 15) is 4.79 Å². The van der Waals surface area contributed by atoms with Crippen LogP contribution in [-0.2, 0) is 4.74 Å². The van der Waals surface area contributed by atoms with Crippen molar-refractivity contribution in [3.8, 4) is 0 Å². The fraction of sp³-hybridized carbons (Fsp3) is 0.429. The molecule has 0 spiro atoms. The van der Waals surface area contributed by atoms with Gasteiger partial charge in [-0.25, -0.2) is 9.78 Å². The molecule has 1 N–H and O–H groups in total. The molecule has 1 saturated heterocycles. The Morgan fingerprint density at radius 1 is 1.77 bits per heavy atom. The standard InChI is InChI=1S/C7H7NO3S2/c9-6(10)5-3-12-7(8-5)13-4-1-11-2-4/h3-4H,1-2H2,(H,9,10). The van der Waals surface area contributed by atoms with E-state index < -0.39 is 5.97 Å². The van der Waals surface area contributed by atoms with E-state index in [0.717, 1.165) is 17.6 Å². The molecule has 0 aromatic carbocycles. The molecule has 4 nitrogen and oxygen atoms in total. The first-order valence-corrected chi connectivity index (χ1v) is 5.45. The lowest BCUT2D eigenvalue weighted by molar-refractivity contribution is 0.0455. The van der Waals surface area contributed by atoms with Gasteiger partial charge < -0.3 is 9.84 Å². The van der Waals surface area contributed by atoms with Gasteiger partial charge in [0.2, 0.25) is 0 Å². The van der Waals surface area contributed by atoms with Crippen LogP contribution in [0.4, 0.5) is 0 Å². The summed E-state index contributed by atoms with van der Waals surface area (Å²) in [5.74, 6) is -0.965. The zero-order valence-corrected chi connectivity index (χ0v) is 8.23. The van der Waals surface area contributed by atoms with Crippen LogP contribution in [0, 0.1) is 0 Å². The second kappa shape index (κ2) is 3.65. The maximum atomic E-state index is 10.5. The number of hydrogen-bond acceptors (Lipinski definition) is 5. The molecule has 0 bridgehead atoms. The first kappa shape index (κ1) is 8.98. The molecule has 1 aliphatic rings. The molecule has 0 radical (unpaired) electrons. The number of aromatic carboxylic acids is 1. The number of aromatic nitrogens is 1. The van der Waals surface area contributed by atoms with Crippen molar-refractivity contribution in [2.24, 2.45) is 0 Å². The smallest absolute Gasteiger partial charge is 0.355 e. The fourth-order valence-electron chi connectivity index (χ4n) is 0.834. The van der Waals surface area contributed by atoms with Gasteiger partial charge in [-0.05, 0) is 0 Å². The monoisotopic (exact) mass is 217 g/mol. The molecule has 70 valence electrons. The molecule has 1 aliphatic heterocycles. The van der Waals surface area contributed by atoms with Gasteiger partial charge in [0.1, 0.15) is 0 Å². The topological polar surface area (TPSA) is 59.4 Å². The van der Waals surface area contributed by atoms with Crippen molar-refractivity contribution in [2.75, 3.05) is 13.2 Å². The van der Waals surface area contributed by atoms with Crippen LogP contribution < -0.4 is 0 Å². The summed E-state index contributed by atoms with van der Waals surface area (Å²) in [6.45, 7) is 1.49. The lowest BCUT2D eigenvalue weighted by Gasteiger charge is -2.23. The van der Waals surface area contributed by atoms with Crippen molar-refractivity contribution in [1.82, 2.24) is 4.98 Å². The lowest BCUT2D eigenvalue weighted by Crippen LogP contribution is -2.29. The maximum absolute atomic E-state index is 10.5. The van der Waals surface area contributed by atoms with Gasteiger partial charge >= 0.3 is 5.97 Å². The van der Waals surface area contributed by atoms with Crippen LogP contribution in [0.25, 0.3) is 0 Å². The Morgan fingerprint density at radius 3 is 3.00 bits per heavy atom. The van der Waals surface area contributed by atoms with Gasteiger partial charge in [-0.1, -0.05) is 11.8 Å². The molecule has 0 saturated carbocycles. The zero-order chi connectivity index (χ0) is 9.26. The minimum Gasteiger partial charge on any atom is -0.476 e. The Morgan fingerprint density at radius 2 is 2.54 bits per heavy atom. The molecule has 1 aromatic rings. The number of carboxylic acid groups (broad SMARTS) is 1. The molecule has 0 amide bonds. The number of hydrogen-bond donors (Lipinski definition) is 1. The molecule has 0 aliphatic carbocycles. The third kappa shape index (κ3) is 2.01. The predicted octanol–water partition coefficient (Wildman–Crippen LogP) is 1.33. The molecular formula is C7H7NO3S2. The van der Waals surface area contributed by atoms with Gasteiger partial charge in [0.15, 0.2) is 10.0 Å². The molecule has 13 heavy (non-hydrogen) atoms. The highest BCUT2D eigenvalue weighted by Crippen LogP contribution is 2.30. The summed E-state index contributed by atoms with van der Waals surface area (Å²) in [5.41, 5.74) is 0.132. The molecule has 0 atom stereocenters. The van der Waals surface area contributed by atoms with Gasteiger partial charge in [0.05, 0.1) is 18.5 Å². The van der Waals surface area contributed by atoms with E-state index in [1.165, 1.54) is 11.3 Å². The molecule has 6 heteroatoms. The van der Waals surface area contributed by atoms with Crippen LogP contribution in [0.3, 0.4) is 0 Å². The highest BCUT2D eigenvalue weighted by atomic mass is 32.2. The third-order valence-electron chi connectivity index (χ3n) is 1.58. The Hall–Kier alpha value is -0.590. The van der Waals surface area contributed by atoms with Crippen LogP contribution in [0.5, 0.6) is 0 Å². The first-order valence-electron chi connectivity index (χ1n) is 3.69. The summed E-state index contributed by atoms with van der Waals surface area (Å²) < 4.78 is 5.81. The Bertz CT molecular complexity index is 321. The predicted molar refractivity (Wildman–Crippen MR) is 49.5 cm³/mol. The molecular weight excluding hydrogens is 210 g/mol. The Balaban J connectivity index is 2.00. The van der Waals surface area contributed by atoms with E-state index in [1.54, 1.807) is 17.1 Å². The maximum Gasteiger partial charge on any atom is 0.355 e. The zero-order valence-electron chi connectivity index (χ0n) is 6.60. The van der Waals surface area contributed by atoms with Crippen molar-refractivity contribution in [3.05, 3.63) is 11.1 Å². The van der Waals surface area contributed by atoms with Gasteiger partial charge in [-0.2, -0.15) is 0 Å². The van der Waals surface area contributed by atoms with Crippen LogP contribution in [0.2, 0.25) is 0 Å². The van der Waals surface area contributed by atoms with Crippen LogP contribution in [-0.4, -0.2) is 34.5 Å². The van der Waals surface area contributed by atoms with E-state index >= 15 is 0 Å². The average Bonchev–Trinajstić information content (AvgIpc) is 2.44. The highest BCUT2D eigenvalue weighted by molar-refractivity contribution is 8.01.